The third-order valence-corrected chi connectivity index (χ3v) is 4.08. The maximum atomic E-state index is 11.7. The number of aromatic hydroxyl groups is 1. The van der Waals surface area contributed by atoms with Crippen molar-refractivity contribution in [1.29, 1.82) is 0 Å². The predicted octanol–water partition coefficient (Wildman–Crippen LogP) is 1.14. The first-order chi connectivity index (χ1) is 8.29. The Morgan fingerprint density at radius 1 is 1.39 bits per heavy atom. The van der Waals surface area contributed by atoms with Gasteiger partial charge in [0.05, 0.1) is 10.6 Å². The number of anilines is 1. The Balaban J connectivity index is 2.48. The average molecular weight is 336 g/mol. The molecule has 1 fully saturated rings. The number of amides is 1. The standard InChI is InChI=1S/C10H10BrNO5S/c11-6-3-10(14)12(5-6)8-4-7(18(15,16)17)1-2-9(8)13/h1-2,4,6,13H,3,5H2,(H,15,16,17). The molecule has 1 heterocycles. The molecule has 0 saturated carbocycles. The molecule has 0 spiro atoms. The molecular weight excluding hydrogens is 326 g/mol. The number of carbonyl (C=O) groups excluding carboxylic acids is 1. The number of hydrogen-bond acceptors (Lipinski definition) is 4. The van der Waals surface area contributed by atoms with Crippen molar-refractivity contribution in [2.45, 2.75) is 16.1 Å². The summed E-state index contributed by atoms with van der Waals surface area (Å²) in [5, 5.41) is 9.68. The normalized spacial score (nSPS) is 20.4. The predicted molar refractivity (Wildman–Crippen MR) is 67.6 cm³/mol. The van der Waals surface area contributed by atoms with E-state index in [0.29, 0.717) is 6.54 Å². The fraction of sp³-hybridized carbons (Fsp3) is 0.300. The zero-order valence-electron chi connectivity index (χ0n) is 9.08. The Kier molecular flexibility index (Phi) is 3.35. The van der Waals surface area contributed by atoms with Crippen LogP contribution in [0.4, 0.5) is 5.69 Å². The molecule has 0 radical (unpaired) electrons. The Morgan fingerprint density at radius 3 is 2.56 bits per heavy atom. The molecule has 1 aliphatic heterocycles. The van der Waals surface area contributed by atoms with Gasteiger partial charge in [0, 0.05) is 17.8 Å². The molecule has 0 bridgehead atoms. The van der Waals surface area contributed by atoms with Crippen molar-refractivity contribution in [2.24, 2.45) is 0 Å². The molecule has 2 rings (SSSR count). The largest absolute Gasteiger partial charge is 0.506 e. The minimum atomic E-state index is -4.36. The zero-order valence-corrected chi connectivity index (χ0v) is 11.5. The molecule has 1 atom stereocenters. The van der Waals surface area contributed by atoms with Gasteiger partial charge in [0.25, 0.3) is 10.1 Å². The van der Waals surface area contributed by atoms with E-state index in [1.165, 1.54) is 4.90 Å². The molecule has 2 N–H and O–H groups in total. The molecule has 1 unspecified atom stereocenters. The van der Waals surface area contributed by atoms with Gasteiger partial charge in [-0.05, 0) is 18.2 Å². The average Bonchev–Trinajstić information content (AvgIpc) is 2.56. The van der Waals surface area contributed by atoms with Crippen LogP contribution in [0.1, 0.15) is 6.42 Å². The van der Waals surface area contributed by atoms with Crippen LogP contribution in [0, 0.1) is 0 Å². The quantitative estimate of drug-likeness (QED) is 0.624. The third kappa shape index (κ3) is 2.50. The van der Waals surface area contributed by atoms with Crippen molar-refractivity contribution in [1.82, 2.24) is 0 Å². The lowest BCUT2D eigenvalue weighted by Gasteiger charge is -2.17. The molecule has 1 saturated heterocycles. The summed E-state index contributed by atoms with van der Waals surface area (Å²) >= 11 is 3.29. The number of nitrogens with zero attached hydrogens (tertiary/aromatic N) is 1. The van der Waals surface area contributed by atoms with Crippen LogP contribution in [-0.4, -0.2) is 35.4 Å². The van der Waals surface area contributed by atoms with Gasteiger partial charge < -0.3 is 10.0 Å². The second-order valence-electron chi connectivity index (χ2n) is 3.93. The minimum Gasteiger partial charge on any atom is -0.506 e. The van der Waals surface area contributed by atoms with Crippen LogP contribution >= 0.6 is 15.9 Å². The monoisotopic (exact) mass is 335 g/mol. The van der Waals surface area contributed by atoms with Gasteiger partial charge in [-0.2, -0.15) is 8.42 Å². The van der Waals surface area contributed by atoms with E-state index in [4.69, 9.17) is 4.55 Å². The fourth-order valence-electron chi connectivity index (χ4n) is 1.78. The number of carbonyl (C=O) groups is 1. The zero-order chi connectivity index (χ0) is 13.5. The van der Waals surface area contributed by atoms with E-state index in [1.54, 1.807) is 0 Å². The van der Waals surface area contributed by atoms with E-state index in [0.717, 1.165) is 18.2 Å². The lowest BCUT2D eigenvalue weighted by molar-refractivity contribution is -0.117. The van der Waals surface area contributed by atoms with Gasteiger partial charge in [-0.3, -0.25) is 9.35 Å². The summed E-state index contributed by atoms with van der Waals surface area (Å²) in [5.74, 6) is -0.433. The topological polar surface area (TPSA) is 94.9 Å². The van der Waals surface area contributed by atoms with Crippen LogP contribution in [0.2, 0.25) is 0 Å². The number of hydrogen-bond donors (Lipinski definition) is 2. The number of phenols is 1. The highest BCUT2D eigenvalue weighted by molar-refractivity contribution is 9.09. The van der Waals surface area contributed by atoms with E-state index in [1.807, 2.05) is 0 Å². The Bertz CT molecular complexity index is 600. The molecule has 6 nitrogen and oxygen atoms in total. The van der Waals surface area contributed by atoms with Crippen molar-refractivity contribution in [3.05, 3.63) is 18.2 Å². The first-order valence-electron chi connectivity index (χ1n) is 5.04. The maximum absolute atomic E-state index is 11.7. The lowest BCUT2D eigenvalue weighted by Crippen LogP contribution is -2.24. The van der Waals surface area contributed by atoms with Crippen molar-refractivity contribution in [3.63, 3.8) is 0 Å². The van der Waals surface area contributed by atoms with Crippen molar-refractivity contribution < 1.29 is 22.9 Å². The van der Waals surface area contributed by atoms with Crippen molar-refractivity contribution in [2.75, 3.05) is 11.4 Å². The SMILES string of the molecule is O=C1CC(Br)CN1c1cc(S(=O)(=O)O)ccc1O. The van der Waals surface area contributed by atoms with Crippen molar-refractivity contribution in [3.8, 4) is 5.75 Å². The van der Waals surface area contributed by atoms with Crippen LogP contribution in [0.25, 0.3) is 0 Å². The molecule has 1 aromatic rings. The summed E-state index contributed by atoms with van der Waals surface area (Å²) in [7, 11) is -4.36. The molecular formula is C10H10BrNO5S. The molecule has 8 heteroatoms. The van der Waals surface area contributed by atoms with E-state index in [2.05, 4.69) is 15.9 Å². The van der Waals surface area contributed by atoms with Gasteiger partial charge in [0.2, 0.25) is 5.91 Å². The van der Waals surface area contributed by atoms with E-state index < -0.39 is 10.1 Å². The molecule has 98 valence electrons. The molecule has 1 aliphatic rings. The number of benzene rings is 1. The van der Waals surface area contributed by atoms with Gasteiger partial charge in [0.15, 0.2) is 0 Å². The van der Waals surface area contributed by atoms with Crippen LogP contribution in [0.3, 0.4) is 0 Å². The van der Waals surface area contributed by atoms with Crippen LogP contribution < -0.4 is 4.90 Å². The second-order valence-corrected chi connectivity index (χ2v) is 6.65. The molecule has 0 aliphatic carbocycles. The van der Waals surface area contributed by atoms with Crippen LogP contribution in [0.15, 0.2) is 23.1 Å². The number of alkyl halides is 1. The maximum Gasteiger partial charge on any atom is 0.294 e. The van der Waals surface area contributed by atoms with E-state index in [9.17, 15) is 18.3 Å². The minimum absolute atomic E-state index is 0.0428. The van der Waals surface area contributed by atoms with Crippen LogP contribution in [-0.2, 0) is 14.9 Å². The number of phenolic OH excluding ortho intramolecular Hbond substituents is 1. The highest BCUT2D eigenvalue weighted by atomic mass is 79.9. The van der Waals surface area contributed by atoms with E-state index in [-0.39, 0.29) is 33.5 Å². The number of halogens is 1. The Morgan fingerprint density at radius 2 is 2.06 bits per heavy atom. The summed E-state index contributed by atoms with van der Waals surface area (Å²) < 4.78 is 31.0. The highest BCUT2D eigenvalue weighted by Crippen LogP contribution is 2.34. The Hall–Kier alpha value is -1.12. The second kappa shape index (κ2) is 4.52. The van der Waals surface area contributed by atoms with E-state index >= 15 is 0 Å². The molecule has 0 aromatic heterocycles. The smallest absolute Gasteiger partial charge is 0.294 e. The summed E-state index contributed by atoms with van der Waals surface area (Å²) in [6.07, 6.45) is 0.273. The summed E-state index contributed by atoms with van der Waals surface area (Å²) in [4.78, 5) is 12.5. The molecule has 18 heavy (non-hydrogen) atoms. The van der Waals surface area contributed by atoms with Gasteiger partial charge in [-0.15, -0.1) is 0 Å². The number of rotatable bonds is 2. The van der Waals surface area contributed by atoms with Gasteiger partial charge >= 0.3 is 0 Å². The Labute approximate surface area is 112 Å². The summed E-state index contributed by atoms with van der Waals surface area (Å²) in [6, 6.07) is 3.28. The lowest BCUT2D eigenvalue weighted by atomic mass is 10.2. The van der Waals surface area contributed by atoms with Gasteiger partial charge in [-0.1, -0.05) is 15.9 Å². The molecule has 1 aromatic carbocycles. The summed E-state index contributed by atoms with van der Waals surface area (Å²) in [5.41, 5.74) is 0.0806. The first-order valence-corrected chi connectivity index (χ1v) is 7.39. The highest BCUT2D eigenvalue weighted by Gasteiger charge is 2.31. The molecule has 1 amide bonds. The van der Waals surface area contributed by atoms with Crippen LogP contribution in [0.5, 0.6) is 5.75 Å². The third-order valence-electron chi connectivity index (χ3n) is 2.61. The van der Waals surface area contributed by atoms with Gasteiger partial charge in [-0.25, -0.2) is 0 Å². The van der Waals surface area contributed by atoms with Gasteiger partial charge in [0.1, 0.15) is 5.75 Å². The van der Waals surface area contributed by atoms with Crippen molar-refractivity contribution >= 4 is 37.6 Å². The summed E-state index contributed by atoms with van der Waals surface area (Å²) in [6.45, 7) is 0.335. The fourth-order valence-corrected chi connectivity index (χ4v) is 2.84. The first kappa shape index (κ1) is 13.3.